The van der Waals surface area contributed by atoms with Crippen molar-refractivity contribution in [3.05, 3.63) is 48.6 Å². The number of ether oxygens (including phenoxy) is 1. The van der Waals surface area contributed by atoms with Crippen LogP contribution in [0.1, 0.15) is 277 Å². The molecule has 0 bridgehead atoms. The lowest BCUT2D eigenvalue weighted by Gasteiger charge is -2.19. The maximum Gasteiger partial charge on any atom is 0.305 e. The molecular weight excluding hydrogens is 779 g/mol. The number of unbranched alkanes of at least 4 members (excludes halogenated alkanes) is 33. The number of aliphatic hydroxyl groups excluding tert-OH is 2. The smallest absolute Gasteiger partial charge is 0.305 e. The van der Waals surface area contributed by atoms with E-state index in [0.29, 0.717) is 25.9 Å². The van der Waals surface area contributed by atoms with Crippen molar-refractivity contribution >= 4 is 11.9 Å². The molecule has 6 nitrogen and oxygen atoms in total. The van der Waals surface area contributed by atoms with Crippen LogP contribution in [0.2, 0.25) is 0 Å². The number of esters is 1. The van der Waals surface area contributed by atoms with E-state index < -0.39 is 12.1 Å². The third-order valence-electron chi connectivity index (χ3n) is 12.3. The second kappa shape index (κ2) is 52.4. The molecule has 0 heterocycles. The fourth-order valence-electron chi connectivity index (χ4n) is 8.09. The number of carbonyl (C=O) groups is 2. The SMILES string of the molecule is CCCCCCCC/C=C\CCCCCCCC(=O)OCCCCCCCC/C=C\C/C=C\CCC(=O)NC(CO)C(O)/C=C/CCCCCCCCCCCCCCCCCC. The molecule has 0 radical (unpaired) electrons. The van der Waals surface area contributed by atoms with E-state index in [1.807, 2.05) is 12.2 Å². The first kappa shape index (κ1) is 60.8. The van der Waals surface area contributed by atoms with Crippen LogP contribution in [-0.4, -0.2) is 47.4 Å². The van der Waals surface area contributed by atoms with Gasteiger partial charge < -0.3 is 20.3 Å². The first-order valence-corrected chi connectivity index (χ1v) is 27.4. The summed E-state index contributed by atoms with van der Waals surface area (Å²) in [5, 5.41) is 23.0. The van der Waals surface area contributed by atoms with Gasteiger partial charge in [-0.05, 0) is 77.0 Å². The minimum atomic E-state index is -0.880. The average Bonchev–Trinajstić information content (AvgIpc) is 3.28. The second-order valence-corrected chi connectivity index (χ2v) is 18.5. The summed E-state index contributed by atoms with van der Waals surface area (Å²) in [6.45, 7) is 4.83. The van der Waals surface area contributed by atoms with Crippen LogP contribution in [0, 0.1) is 0 Å². The molecule has 368 valence electrons. The van der Waals surface area contributed by atoms with E-state index in [0.717, 1.165) is 51.4 Å². The van der Waals surface area contributed by atoms with E-state index in [9.17, 15) is 19.8 Å². The summed E-state index contributed by atoms with van der Waals surface area (Å²) in [4.78, 5) is 24.4. The Morgan fingerprint density at radius 1 is 0.444 bits per heavy atom. The number of hydrogen-bond donors (Lipinski definition) is 3. The standard InChI is InChI=1S/C57H105NO5/c1-3-5-7-9-11-13-15-17-19-20-21-23-25-29-33-37-41-45-49-55(60)54(53-59)58-56(61)50-46-42-38-34-30-26-24-28-32-36-40-44-48-52-63-57(62)51-47-43-39-35-31-27-22-18-16-14-12-10-8-6-4-2/h18,22,26,30,38,42,45,49,54-55,59-60H,3-17,19-21,23-25,27-29,31-37,39-41,43-44,46-48,50-53H2,1-2H3,(H,58,61)/b22-18-,30-26-,42-38-,49-45+. The highest BCUT2D eigenvalue weighted by Gasteiger charge is 2.17. The average molecular weight is 884 g/mol. The molecule has 0 fully saturated rings. The van der Waals surface area contributed by atoms with Crippen molar-refractivity contribution in [3.8, 4) is 0 Å². The maximum absolute atomic E-state index is 12.4. The van der Waals surface area contributed by atoms with Gasteiger partial charge in [0.1, 0.15) is 0 Å². The molecule has 2 unspecified atom stereocenters. The minimum Gasteiger partial charge on any atom is -0.466 e. The summed E-state index contributed by atoms with van der Waals surface area (Å²) in [5.41, 5.74) is 0. The van der Waals surface area contributed by atoms with Crippen LogP contribution in [-0.2, 0) is 14.3 Å². The predicted octanol–water partition coefficient (Wildman–Crippen LogP) is 16.6. The molecule has 0 spiro atoms. The molecule has 63 heavy (non-hydrogen) atoms. The third kappa shape index (κ3) is 49.1. The molecule has 0 rings (SSSR count). The molecule has 0 aromatic carbocycles. The van der Waals surface area contributed by atoms with E-state index in [1.54, 1.807) is 6.08 Å². The summed E-state index contributed by atoms with van der Waals surface area (Å²) in [6.07, 6.45) is 65.6. The Kier molecular flexibility index (Phi) is 50.6. The van der Waals surface area contributed by atoms with Crippen LogP contribution in [0.5, 0.6) is 0 Å². The number of allylic oxidation sites excluding steroid dienone is 7. The van der Waals surface area contributed by atoms with Crippen LogP contribution in [0.25, 0.3) is 0 Å². The monoisotopic (exact) mass is 884 g/mol. The highest BCUT2D eigenvalue weighted by atomic mass is 16.5. The molecule has 0 aromatic heterocycles. The first-order valence-electron chi connectivity index (χ1n) is 27.4. The number of carbonyl (C=O) groups excluding carboxylic acids is 2. The van der Waals surface area contributed by atoms with Crippen molar-refractivity contribution in [1.82, 2.24) is 5.32 Å². The van der Waals surface area contributed by atoms with Crippen LogP contribution < -0.4 is 5.32 Å². The van der Waals surface area contributed by atoms with Gasteiger partial charge in [0.25, 0.3) is 0 Å². The fraction of sp³-hybridized carbons (Fsp3) is 0.825. The lowest BCUT2D eigenvalue weighted by molar-refractivity contribution is -0.143. The van der Waals surface area contributed by atoms with Gasteiger partial charge in [0.15, 0.2) is 0 Å². The van der Waals surface area contributed by atoms with Crippen LogP contribution in [0.4, 0.5) is 0 Å². The summed E-state index contributed by atoms with van der Waals surface area (Å²) >= 11 is 0. The Balaban J connectivity index is 3.59. The van der Waals surface area contributed by atoms with Crippen molar-refractivity contribution in [2.75, 3.05) is 13.2 Å². The molecule has 1 amide bonds. The van der Waals surface area contributed by atoms with Crippen LogP contribution in [0.3, 0.4) is 0 Å². The highest BCUT2D eigenvalue weighted by molar-refractivity contribution is 5.76. The molecule has 3 N–H and O–H groups in total. The van der Waals surface area contributed by atoms with E-state index in [1.165, 1.54) is 193 Å². The van der Waals surface area contributed by atoms with Crippen LogP contribution >= 0.6 is 0 Å². The Hall–Kier alpha value is -2.18. The Morgan fingerprint density at radius 3 is 1.25 bits per heavy atom. The zero-order valence-electron chi connectivity index (χ0n) is 41.8. The Morgan fingerprint density at radius 2 is 0.810 bits per heavy atom. The maximum atomic E-state index is 12.4. The number of aliphatic hydroxyl groups is 2. The van der Waals surface area contributed by atoms with Gasteiger partial charge in [0.2, 0.25) is 5.91 Å². The minimum absolute atomic E-state index is 0.0269. The quantitative estimate of drug-likeness (QED) is 0.0321. The van der Waals surface area contributed by atoms with Crippen molar-refractivity contribution in [2.24, 2.45) is 0 Å². The topological polar surface area (TPSA) is 95.9 Å². The first-order chi connectivity index (χ1) is 31.0. The van der Waals surface area contributed by atoms with Crippen molar-refractivity contribution in [2.45, 2.75) is 289 Å². The van der Waals surface area contributed by atoms with Gasteiger partial charge in [-0.2, -0.15) is 0 Å². The van der Waals surface area contributed by atoms with E-state index in [4.69, 9.17) is 4.74 Å². The molecule has 0 aliphatic rings. The molecule has 0 saturated heterocycles. The van der Waals surface area contributed by atoms with E-state index in [2.05, 4.69) is 49.5 Å². The molecule has 0 aliphatic heterocycles. The van der Waals surface area contributed by atoms with E-state index >= 15 is 0 Å². The molecular formula is C57H105NO5. The van der Waals surface area contributed by atoms with Gasteiger partial charge >= 0.3 is 5.97 Å². The zero-order chi connectivity index (χ0) is 45.8. The summed E-state index contributed by atoms with van der Waals surface area (Å²) in [6, 6.07) is -0.673. The normalized spacial score (nSPS) is 13.0. The number of amides is 1. The lowest BCUT2D eigenvalue weighted by Crippen LogP contribution is -2.45. The molecule has 2 atom stereocenters. The second-order valence-electron chi connectivity index (χ2n) is 18.5. The lowest BCUT2D eigenvalue weighted by atomic mass is 10.0. The number of hydrogen-bond acceptors (Lipinski definition) is 5. The largest absolute Gasteiger partial charge is 0.466 e. The number of nitrogens with one attached hydrogen (secondary N) is 1. The van der Waals surface area contributed by atoms with Gasteiger partial charge in [-0.15, -0.1) is 0 Å². The van der Waals surface area contributed by atoms with E-state index in [-0.39, 0.29) is 18.5 Å². The van der Waals surface area contributed by atoms with Gasteiger partial charge in [-0.3, -0.25) is 9.59 Å². The molecule has 6 heteroatoms. The Bertz CT molecular complexity index is 1070. The molecule has 0 aliphatic carbocycles. The van der Waals surface area contributed by atoms with Gasteiger partial charge in [0.05, 0.1) is 25.4 Å². The number of rotatable bonds is 50. The van der Waals surface area contributed by atoms with Gasteiger partial charge in [-0.25, -0.2) is 0 Å². The van der Waals surface area contributed by atoms with Gasteiger partial charge in [-0.1, -0.05) is 236 Å². The van der Waals surface area contributed by atoms with Crippen molar-refractivity contribution < 1.29 is 24.5 Å². The Labute approximate surface area is 391 Å². The van der Waals surface area contributed by atoms with Crippen molar-refractivity contribution in [1.29, 1.82) is 0 Å². The van der Waals surface area contributed by atoms with Gasteiger partial charge in [0, 0.05) is 12.8 Å². The molecule has 0 saturated carbocycles. The van der Waals surface area contributed by atoms with Crippen molar-refractivity contribution in [3.63, 3.8) is 0 Å². The van der Waals surface area contributed by atoms with Crippen LogP contribution in [0.15, 0.2) is 48.6 Å². The third-order valence-corrected chi connectivity index (χ3v) is 12.3. The summed E-state index contributed by atoms with van der Waals surface area (Å²) in [5.74, 6) is -0.175. The summed E-state index contributed by atoms with van der Waals surface area (Å²) < 4.78 is 5.45. The molecule has 0 aromatic rings. The fourth-order valence-corrected chi connectivity index (χ4v) is 8.09. The zero-order valence-corrected chi connectivity index (χ0v) is 41.8. The summed E-state index contributed by atoms with van der Waals surface area (Å²) in [7, 11) is 0. The predicted molar refractivity (Wildman–Crippen MR) is 273 cm³/mol. The highest BCUT2D eigenvalue weighted by Crippen LogP contribution is 2.15.